The Balaban J connectivity index is 2.06. The summed E-state index contributed by atoms with van der Waals surface area (Å²) < 4.78 is 1.64. The molecule has 3 heterocycles. The standard InChI is InChI=1S/C11H8N2O4/c14-11(15)10-9(6-16-17-10)13-4-7-2-1-3-12-8(7)5-13/h1-6,10H,(H,14,15). The van der Waals surface area contributed by atoms with Crippen LogP contribution in [-0.2, 0) is 14.6 Å². The topological polar surface area (TPSA) is 73.6 Å². The van der Waals surface area contributed by atoms with Gasteiger partial charge in [0.1, 0.15) is 5.70 Å². The van der Waals surface area contributed by atoms with E-state index in [4.69, 9.17) is 5.11 Å². The molecule has 3 rings (SSSR count). The van der Waals surface area contributed by atoms with E-state index in [0.29, 0.717) is 5.70 Å². The van der Waals surface area contributed by atoms with Crippen molar-refractivity contribution in [3.8, 4) is 0 Å². The zero-order valence-electron chi connectivity index (χ0n) is 8.61. The molecule has 0 aromatic carbocycles. The second kappa shape index (κ2) is 3.60. The lowest BCUT2D eigenvalue weighted by Gasteiger charge is -2.06. The van der Waals surface area contributed by atoms with Gasteiger partial charge in [0.2, 0.25) is 6.10 Å². The number of carboxylic acid groups (broad SMARTS) is 1. The van der Waals surface area contributed by atoms with E-state index in [0.717, 1.165) is 10.9 Å². The fourth-order valence-electron chi connectivity index (χ4n) is 1.72. The third-order valence-electron chi connectivity index (χ3n) is 2.52. The fraction of sp³-hybridized carbons (Fsp3) is 0.0909. The SMILES string of the molecule is O=C(O)C1OOC=C1n1cc2cccnc2c1. The lowest BCUT2D eigenvalue weighted by molar-refractivity contribution is -0.252. The highest BCUT2D eigenvalue weighted by Gasteiger charge is 2.31. The van der Waals surface area contributed by atoms with E-state index in [1.54, 1.807) is 23.2 Å². The third-order valence-corrected chi connectivity index (χ3v) is 2.52. The first-order chi connectivity index (χ1) is 8.25. The normalized spacial score (nSPS) is 19.1. The molecule has 6 heteroatoms. The Hall–Kier alpha value is -2.34. The summed E-state index contributed by atoms with van der Waals surface area (Å²) in [4.78, 5) is 24.3. The molecule has 0 radical (unpaired) electrons. The van der Waals surface area contributed by atoms with Crippen molar-refractivity contribution >= 4 is 22.6 Å². The number of carbonyl (C=O) groups is 1. The molecule has 2 aromatic rings. The first-order valence-electron chi connectivity index (χ1n) is 4.94. The van der Waals surface area contributed by atoms with Gasteiger partial charge in [-0.15, -0.1) is 0 Å². The molecular formula is C11H8N2O4. The number of hydrogen-bond acceptors (Lipinski definition) is 4. The molecule has 17 heavy (non-hydrogen) atoms. The summed E-state index contributed by atoms with van der Waals surface area (Å²) in [6, 6.07) is 3.71. The van der Waals surface area contributed by atoms with E-state index >= 15 is 0 Å². The van der Waals surface area contributed by atoms with Crippen molar-refractivity contribution in [3.05, 3.63) is 37.0 Å². The largest absolute Gasteiger partial charge is 0.479 e. The number of fused-ring (bicyclic) bond motifs is 1. The van der Waals surface area contributed by atoms with Crippen LogP contribution in [0.4, 0.5) is 0 Å². The van der Waals surface area contributed by atoms with Crippen molar-refractivity contribution in [2.75, 3.05) is 0 Å². The number of carboxylic acids is 1. The van der Waals surface area contributed by atoms with Crippen LogP contribution in [0.25, 0.3) is 16.6 Å². The molecule has 0 saturated heterocycles. The van der Waals surface area contributed by atoms with Gasteiger partial charge < -0.3 is 14.6 Å². The van der Waals surface area contributed by atoms with Crippen LogP contribution in [0.3, 0.4) is 0 Å². The number of pyridine rings is 1. The molecule has 0 fully saturated rings. The smallest absolute Gasteiger partial charge is 0.343 e. The highest BCUT2D eigenvalue weighted by Crippen LogP contribution is 2.24. The van der Waals surface area contributed by atoms with Gasteiger partial charge in [0.25, 0.3) is 0 Å². The van der Waals surface area contributed by atoms with Gasteiger partial charge in [0.15, 0.2) is 6.26 Å². The van der Waals surface area contributed by atoms with Crippen molar-refractivity contribution in [2.45, 2.75) is 6.10 Å². The van der Waals surface area contributed by atoms with Crippen LogP contribution in [0.1, 0.15) is 0 Å². The van der Waals surface area contributed by atoms with Crippen molar-refractivity contribution in [3.63, 3.8) is 0 Å². The van der Waals surface area contributed by atoms with E-state index in [9.17, 15) is 4.79 Å². The average Bonchev–Trinajstić information content (AvgIpc) is 2.95. The summed E-state index contributed by atoms with van der Waals surface area (Å²) in [5, 5.41) is 9.87. The summed E-state index contributed by atoms with van der Waals surface area (Å²) in [6.45, 7) is 0. The molecule has 1 N–H and O–H groups in total. The number of aliphatic carboxylic acids is 1. The lowest BCUT2D eigenvalue weighted by Crippen LogP contribution is -2.23. The van der Waals surface area contributed by atoms with Crippen LogP contribution in [-0.4, -0.2) is 26.7 Å². The Bertz CT molecular complexity index is 584. The third kappa shape index (κ3) is 1.55. The summed E-state index contributed by atoms with van der Waals surface area (Å²) in [5.74, 6) is -1.10. The maximum atomic E-state index is 10.9. The van der Waals surface area contributed by atoms with Crippen LogP contribution < -0.4 is 0 Å². The van der Waals surface area contributed by atoms with Gasteiger partial charge >= 0.3 is 5.97 Å². The second-order valence-corrected chi connectivity index (χ2v) is 3.60. The van der Waals surface area contributed by atoms with E-state index in [2.05, 4.69) is 14.8 Å². The molecule has 0 bridgehead atoms. The number of nitrogens with zero attached hydrogens (tertiary/aromatic N) is 2. The van der Waals surface area contributed by atoms with E-state index in [1.807, 2.05) is 12.1 Å². The number of rotatable bonds is 2. The molecule has 0 aliphatic carbocycles. The van der Waals surface area contributed by atoms with Crippen LogP contribution in [0.5, 0.6) is 0 Å². The predicted molar refractivity (Wildman–Crippen MR) is 57.6 cm³/mol. The molecule has 6 nitrogen and oxygen atoms in total. The number of aromatic nitrogens is 2. The van der Waals surface area contributed by atoms with Crippen LogP contribution in [0, 0.1) is 0 Å². The monoisotopic (exact) mass is 232 g/mol. The zero-order valence-corrected chi connectivity index (χ0v) is 8.61. The Labute approximate surface area is 95.6 Å². The van der Waals surface area contributed by atoms with Crippen LogP contribution >= 0.6 is 0 Å². The van der Waals surface area contributed by atoms with Gasteiger partial charge in [-0.05, 0) is 12.1 Å². The zero-order chi connectivity index (χ0) is 11.8. The second-order valence-electron chi connectivity index (χ2n) is 3.60. The molecule has 1 aliphatic heterocycles. The molecule has 0 saturated carbocycles. The Morgan fingerprint density at radius 1 is 1.47 bits per heavy atom. The fourth-order valence-corrected chi connectivity index (χ4v) is 1.72. The van der Waals surface area contributed by atoms with Gasteiger partial charge in [-0.25, -0.2) is 4.79 Å². The van der Waals surface area contributed by atoms with E-state index in [1.165, 1.54) is 6.26 Å². The predicted octanol–water partition coefficient (Wildman–Crippen LogP) is 1.25. The van der Waals surface area contributed by atoms with Gasteiger partial charge in [0, 0.05) is 24.0 Å². The minimum atomic E-state index is -1.11. The summed E-state index contributed by atoms with van der Waals surface area (Å²) in [5.41, 5.74) is 1.19. The van der Waals surface area contributed by atoms with Gasteiger partial charge in [-0.3, -0.25) is 4.98 Å². The Kier molecular flexibility index (Phi) is 2.09. The minimum absolute atomic E-state index is 0.413. The Morgan fingerprint density at radius 3 is 3.12 bits per heavy atom. The van der Waals surface area contributed by atoms with Crippen molar-refractivity contribution in [1.29, 1.82) is 0 Å². The maximum Gasteiger partial charge on any atom is 0.343 e. The van der Waals surface area contributed by atoms with Gasteiger partial charge in [-0.1, -0.05) is 0 Å². The molecule has 1 atom stereocenters. The maximum absolute atomic E-state index is 10.9. The van der Waals surface area contributed by atoms with E-state index < -0.39 is 12.1 Å². The van der Waals surface area contributed by atoms with E-state index in [-0.39, 0.29) is 0 Å². The molecule has 2 aromatic heterocycles. The lowest BCUT2D eigenvalue weighted by atomic mass is 10.3. The van der Waals surface area contributed by atoms with Crippen LogP contribution in [0.15, 0.2) is 37.0 Å². The van der Waals surface area contributed by atoms with Gasteiger partial charge in [0.05, 0.1) is 5.52 Å². The van der Waals surface area contributed by atoms with Crippen LogP contribution in [0.2, 0.25) is 0 Å². The van der Waals surface area contributed by atoms with Gasteiger partial charge in [-0.2, -0.15) is 4.89 Å². The minimum Gasteiger partial charge on any atom is -0.479 e. The molecule has 0 amide bonds. The molecular weight excluding hydrogens is 224 g/mol. The van der Waals surface area contributed by atoms with Crippen molar-refractivity contribution in [2.24, 2.45) is 0 Å². The molecule has 0 spiro atoms. The highest BCUT2D eigenvalue weighted by atomic mass is 17.2. The summed E-state index contributed by atoms with van der Waals surface area (Å²) in [6.07, 6.45) is 5.35. The van der Waals surface area contributed by atoms with Crippen molar-refractivity contribution < 1.29 is 19.7 Å². The molecule has 1 unspecified atom stereocenters. The summed E-state index contributed by atoms with van der Waals surface area (Å²) in [7, 11) is 0. The highest BCUT2D eigenvalue weighted by molar-refractivity contribution is 5.87. The first-order valence-corrected chi connectivity index (χ1v) is 4.94. The quantitative estimate of drug-likeness (QED) is 0.789. The first kappa shape index (κ1) is 9.86. The average molecular weight is 232 g/mol. The molecule has 86 valence electrons. The van der Waals surface area contributed by atoms with Crippen molar-refractivity contribution in [1.82, 2.24) is 9.55 Å². The Morgan fingerprint density at radius 2 is 2.35 bits per heavy atom. The number of hydrogen-bond donors (Lipinski definition) is 1. The summed E-state index contributed by atoms with van der Waals surface area (Å²) >= 11 is 0. The molecule has 1 aliphatic rings.